The molecule has 1 atom stereocenters. The van der Waals surface area contributed by atoms with Crippen molar-refractivity contribution in [1.29, 1.82) is 0 Å². The fourth-order valence-electron chi connectivity index (χ4n) is 2.40. The van der Waals surface area contributed by atoms with Crippen molar-refractivity contribution < 1.29 is 9.53 Å². The van der Waals surface area contributed by atoms with Gasteiger partial charge >= 0.3 is 0 Å². The lowest BCUT2D eigenvalue weighted by molar-refractivity contribution is -0.124. The summed E-state index contributed by atoms with van der Waals surface area (Å²) in [5.74, 6) is 2.00. The minimum absolute atomic E-state index is 0.0516. The lowest BCUT2D eigenvalue weighted by Gasteiger charge is -2.11. The van der Waals surface area contributed by atoms with Crippen molar-refractivity contribution in [3.8, 4) is 0 Å². The minimum Gasteiger partial charge on any atom is -0.381 e. The number of aromatic nitrogens is 2. The molecule has 3 rings (SSSR count). The molecule has 1 aliphatic carbocycles. The first kappa shape index (κ1) is 11.7. The molecule has 0 spiro atoms. The highest BCUT2D eigenvalue weighted by Crippen LogP contribution is 2.38. The molecule has 1 aromatic rings. The maximum atomic E-state index is 11.8. The summed E-state index contributed by atoms with van der Waals surface area (Å²) in [6.45, 7) is 2.77. The second-order valence-electron chi connectivity index (χ2n) is 5.10. The second kappa shape index (κ2) is 5.10. The van der Waals surface area contributed by atoms with E-state index < -0.39 is 0 Å². The Morgan fingerprint density at radius 2 is 2.39 bits per heavy atom. The van der Waals surface area contributed by atoms with Crippen molar-refractivity contribution >= 4 is 5.91 Å². The number of nitrogens with one attached hydrogen (secondary N) is 1. The summed E-state index contributed by atoms with van der Waals surface area (Å²) in [5.41, 5.74) is 0. The highest BCUT2D eigenvalue weighted by molar-refractivity contribution is 5.78. The van der Waals surface area contributed by atoms with Crippen LogP contribution in [0.3, 0.4) is 0 Å². The Morgan fingerprint density at radius 1 is 1.50 bits per heavy atom. The molecule has 0 bridgehead atoms. The summed E-state index contributed by atoms with van der Waals surface area (Å²) in [5, 5.41) is 2.98. The zero-order chi connectivity index (χ0) is 12.4. The second-order valence-corrected chi connectivity index (χ2v) is 5.10. The van der Waals surface area contributed by atoms with Gasteiger partial charge in [0.2, 0.25) is 5.91 Å². The van der Waals surface area contributed by atoms with Crippen molar-refractivity contribution in [1.82, 2.24) is 14.9 Å². The van der Waals surface area contributed by atoms with E-state index in [1.54, 1.807) is 0 Å². The van der Waals surface area contributed by atoms with Gasteiger partial charge in [0.05, 0.1) is 12.5 Å². The Labute approximate surface area is 107 Å². The number of hydrogen-bond donors (Lipinski definition) is 1. The Bertz CT molecular complexity index is 420. The fraction of sp³-hybridized carbons (Fsp3) is 0.692. The Kier molecular flexibility index (Phi) is 3.32. The number of carbonyl (C=O) groups is 1. The van der Waals surface area contributed by atoms with Crippen molar-refractivity contribution in [2.75, 3.05) is 19.8 Å². The van der Waals surface area contributed by atoms with Gasteiger partial charge in [0.15, 0.2) is 0 Å². The SMILES string of the molecule is O=C(NCCn1ccnc1C1CC1)C1CCOC1. The number of carbonyl (C=O) groups excluding carboxylic acids is 1. The number of amides is 1. The molecular formula is C13H19N3O2. The summed E-state index contributed by atoms with van der Waals surface area (Å²) in [7, 11) is 0. The van der Waals surface area contributed by atoms with Crippen LogP contribution in [0.2, 0.25) is 0 Å². The van der Waals surface area contributed by atoms with Crippen LogP contribution < -0.4 is 5.32 Å². The monoisotopic (exact) mass is 249 g/mol. The van der Waals surface area contributed by atoms with E-state index in [0.717, 1.165) is 13.0 Å². The maximum absolute atomic E-state index is 11.8. The van der Waals surface area contributed by atoms with Crippen molar-refractivity contribution in [2.24, 2.45) is 5.92 Å². The van der Waals surface area contributed by atoms with Crippen LogP contribution in [-0.2, 0) is 16.1 Å². The predicted molar refractivity (Wildman–Crippen MR) is 66.1 cm³/mol. The molecule has 2 fully saturated rings. The average Bonchev–Trinajstić information content (AvgIpc) is 2.92. The van der Waals surface area contributed by atoms with Crippen molar-refractivity contribution in [3.05, 3.63) is 18.2 Å². The highest BCUT2D eigenvalue weighted by Gasteiger charge is 2.28. The summed E-state index contributed by atoms with van der Waals surface area (Å²) >= 11 is 0. The van der Waals surface area contributed by atoms with Gasteiger partial charge in [-0.2, -0.15) is 0 Å². The first-order valence-corrected chi connectivity index (χ1v) is 6.71. The van der Waals surface area contributed by atoms with Crippen LogP contribution in [0.25, 0.3) is 0 Å². The molecular weight excluding hydrogens is 230 g/mol. The Hall–Kier alpha value is -1.36. The van der Waals surface area contributed by atoms with Crippen LogP contribution in [0.4, 0.5) is 0 Å². The standard InChI is InChI=1S/C13H19N3O2/c17-13(11-3-8-18-9-11)15-5-7-16-6-4-14-12(16)10-1-2-10/h4,6,10-11H,1-3,5,7-9H2,(H,15,17). The number of nitrogens with zero attached hydrogens (tertiary/aromatic N) is 2. The van der Waals surface area contributed by atoms with Crippen molar-refractivity contribution in [2.45, 2.75) is 31.7 Å². The van der Waals surface area contributed by atoms with Crippen molar-refractivity contribution in [3.63, 3.8) is 0 Å². The average molecular weight is 249 g/mol. The van der Waals surface area contributed by atoms with Crippen LogP contribution in [0.5, 0.6) is 0 Å². The predicted octanol–water partition coefficient (Wildman–Crippen LogP) is 0.913. The Balaban J connectivity index is 1.46. The van der Waals surface area contributed by atoms with Crippen LogP contribution in [-0.4, -0.2) is 35.2 Å². The third kappa shape index (κ3) is 2.56. The van der Waals surface area contributed by atoms with E-state index in [1.807, 2.05) is 12.4 Å². The molecule has 98 valence electrons. The molecule has 1 aliphatic heterocycles. The molecule has 1 unspecified atom stereocenters. The van der Waals surface area contributed by atoms with Crippen LogP contribution >= 0.6 is 0 Å². The lowest BCUT2D eigenvalue weighted by Crippen LogP contribution is -2.33. The molecule has 2 aliphatic rings. The number of hydrogen-bond acceptors (Lipinski definition) is 3. The smallest absolute Gasteiger partial charge is 0.225 e. The maximum Gasteiger partial charge on any atom is 0.225 e. The van der Waals surface area contributed by atoms with Gasteiger partial charge in [0.1, 0.15) is 5.82 Å². The minimum atomic E-state index is 0.0516. The summed E-state index contributed by atoms with van der Waals surface area (Å²) in [6.07, 6.45) is 7.20. The van der Waals surface area contributed by atoms with Gasteiger partial charge in [0.25, 0.3) is 0 Å². The first-order chi connectivity index (χ1) is 8.84. The fourth-order valence-corrected chi connectivity index (χ4v) is 2.40. The number of imidazole rings is 1. The normalized spacial score (nSPS) is 23.2. The van der Waals surface area contributed by atoms with E-state index in [-0.39, 0.29) is 11.8 Å². The zero-order valence-corrected chi connectivity index (χ0v) is 10.5. The van der Waals surface area contributed by atoms with Gasteiger partial charge < -0.3 is 14.6 Å². The van der Waals surface area contributed by atoms with E-state index in [2.05, 4.69) is 14.9 Å². The van der Waals surface area contributed by atoms with Crippen LogP contribution in [0, 0.1) is 5.92 Å². The van der Waals surface area contributed by atoms with Crippen LogP contribution in [0.15, 0.2) is 12.4 Å². The molecule has 1 aromatic heterocycles. The van der Waals surface area contributed by atoms with E-state index >= 15 is 0 Å². The van der Waals surface area contributed by atoms with Gasteiger partial charge in [-0.1, -0.05) is 0 Å². The third-order valence-electron chi connectivity index (χ3n) is 3.64. The van der Waals surface area contributed by atoms with Gasteiger partial charge in [0, 0.05) is 38.0 Å². The molecule has 2 heterocycles. The topological polar surface area (TPSA) is 56.2 Å². The number of ether oxygens (including phenoxy) is 1. The molecule has 1 saturated heterocycles. The van der Waals surface area contributed by atoms with Gasteiger partial charge in [-0.15, -0.1) is 0 Å². The summed E-state index contributed by atoms with van der Waals surface area (Å²) in [6, 6.07) is 0. The summed E-state index contributed by atoms with van der Waals surface area (Å²) < 4.78 is 7.37. The van der Waals surface area contributed by atoms with E-state index in [0.29, 0.717) is 25.7 Å². The van der Waals surface area contributed by atoms with Gasteiger partial charge in [-0.3, -0.25) is 4.79 Å². The summed E-state index contributed by atoms with van der Waals surface area (Å²) in [4.78, 5) is 16.2. The molecule has 0 radical (unpaired) electrons. The molecule has 1 N–H and O–H groups in total. The van der Waals surface area contributed by atoms with E-state index in [1.165, 1.54) is 18.7 Å². The van der Waals surface area contributed by atoms with Crippen LogP contribution in [0.1, 0.15) is 31.0 Å². The molecule has 5 nitrogen and oxygen atoms in total. The van der Waals surface area contributed by atoms with E-state index in [4.69, 9.17) is 4.74 Å². The van der Waals surface area contributed by atoms with E-state index in [9.17, 15) is 4.79 Å². The molecule has 5 heteroatoms. The zero-order valence-electron chi connectivity index (χ0n) is 10.5. The molecule has 1 amide bonds. The highest BCUT2D eigenvalue weighted by atomic mass is 16.5. The third-order valence-corrected chi connectivity index (χ3v) is 3.64. The Morgan fingerprint density at radius 3 is 3.11 bits per heavy atom. The van der Waals surface area contributed by atoms with Gasteiger partial charge in [-0.05, 0) is 19.3 Å². The molecule has 1 saturated carbocycles. The molecule has 0 aromatic carbocycles. The quantitative estimate of drug-likeness (QED) is 0.844. The molecule has 18 heavy (non-hydrogen) atoms. The largest absolute Gasteiger partial charge is 0.381 e. The number of rotatable bonds is 5. The lowest BCUT2D eigenvalue weighted by atomic mass is 10.1. The van der Waals surface area contributed by atoms with Gasteiger partial charge in [-0.25, -0.2) is 4.98 Å². The first-order valence-electron chi connectivity index (χ1n) is 6.71.